The van der Waals surface area contributed by atoms with E-state index in [4.69, 9.17) is 14.5 Å². The average Bonchev–Trinajstić information content (AvgIpc) is 3.44. The van der Waals surface area contributed by atoms with Gasteiger partial charge in [0.25, 0.3) is 0 Å². The van der Waals surface area contributed by atoms with Crippen molar-refractivity contribution >= 4 is 29.9 Å². The molecule has 0 aromatic heterocycles. The summed E-state index contributed by atoms with van der Waals surface area (Å²) in [4.78, 5) is 4.73. The van der Waals surface area contributed by atoms with Gasteiger partial charge in [-0.25, -0.2) is 4.99 Å². The molecule has 3 rings (SSSR count). The summed E-state index contributed by atoms with van der Waals surface area (Å²) in [6.07, 6.45) is 7.71. The van der Waals surface area contributed by atoms with Crippen LogP contribution in [0.5, 0.6) is 5.75 Å². The maximum Gasteiger partial charge on any atom is 0.191 e. The van der Waals surface area contributed by atoms with Crippen molar-refractivity contribution in [3.05, 3.63) is 29.8 Å². The molecule has 0 unspecified atom stereocenters. The molecule has 2 saturated carbocycles. The van der Waals surface area contributed by atoms with Crippen LogP contribution in [-0.2, 0) is 11.3 Å². The summed E-state index contributed by atoms with van der Waals surface area (Å²) >= 11 is 0. The van der Waals surface area contributed by atoms with Crippen molar-refractivity contribution in [2.24, 2.45) is 10.9 Å². The minimum atomic E-state index is 0. The van der Waals surface area contributed by atoms with Crippen molar-refractivity contribution in [2.45, 2.75) is 58.1 Å². The third-order valence-electron chi connectivity index (χ3n) is 4.88. The van der Waals surface area contributed by atoms with Gasteiger partial charge in [0.05, 0.1) is 12.6 Å². The molecule has 1 aromatic rings. The number of para-hydroxylation sites is 1. The number of benzene rings is 1. The molecule has 2 aliphatic carbocycles. The molecule has 0 aliphatic heterocycles. The fourth-order valence-corrected chi connectivity index (χ4v) is 2.84. The first-order valence-electron chi connectivity index (χ1n) is 10.2. The Kier molecular flexibility index (Phi) is 10.3. The SMILES string of the molecule is CCNC(=NCc1ccccc1OC1CCC1)NCCCOCC1CC1.I. The fourth-order valence-electron chi connectivity index (χ4n) is 2.84. The Morgan fingerprint density at radius 1 is 1.15 bits per heavy atom. The molecule has 0 spiro atoms. The summed E-state index contributed by atoms with van der Waals surface area (Å²) in [5.74, 6) is 2.67. The molecule has 2 N–H and O–H groups in total. The zero-order chi connectivity index (χ0) is 18.0. The standard InChI is InChI=1S/C21H33N3O2.HI/c1-2-22-21(23-13-6-14-25-16-17-11-12-17)24-15-18-7-3-4-10-20(18)26-19-8-5-9-19;/h3-4,7,10,17,19H,2,5-6,8-9,11-16H2,1H3,(H2,22,23,24);1H. The van der Waals surface area contributed by atoms with Crippen LogP contribution in [-0.4, -0.2) is 38.4 Å². The maximum absolute atomic E-state index is 6.10. The summed E-state index contributed by atoms with van der Waals surface area (Å²) in [5.41, 5.74) is 1.14. The lowest BCUT2D eigenvalue weighted by molar-refractivity contribution is 0.119. The molecular formula is C21H34IN3O2. The number of halogens is 1. The first kappa shape index (κ1) is 22.3. The van der Waals surface area contributed by atoms with E-state index in [2.05, 4.69) is 35.8 Å². The van der Waals surface area contributed by atoms with E-state index in [0.717, 1.165) is 55.9 Å². The van der Waals surface area contributed by atoms with Crippen LogP contribution in [0.15, 0.2) is 29.3 Å². The summed E-state index contributed by atoms with van der Waals surface area (Å²) in [6.45, 7) is 6.19. The van der Waals surface area contributed by atoms with E-state index in [1.807, 2.05) is 6.07 Å². The highest BCUT2D eigenvalue weighted by Crippen LogP contribution is 2.29. The number of hydrogen-bond donors (Lipinski definition) is 2. The van der Waals surface area contributed by atoms with E-state index in [0.29, 0.717) is 12.6 Å². The van der Waals surface area contributed by atoms with Crippen molar-refractivity contribution < 1.29 is 9.47 Å². The number of aliphatic imine (C=N–C) groups is 1. The molecule has 0 saturated heterocycles. The number of hydrogen-bond acceptors (Lipinski definition) is 3. The van der Waals surface area contributed by atoms with Crippen LogP contribution in [0.3, 0.4) is 0 Å². The molecule has 0 atom stereocenters. The normalized spacial score (nSPS) is 17.0. The van der Waals surface area contributed by atoms with E-state index in [9.17, 15) is 0 Å². The Labute approximate surface area is 180 Å². The van der Waals surface area contributed by atoms with Crippen molar-refractivity contribution in [3.63, 3.8) is 0 Å². The van der Waals surface area contributed by atoms with Gasteiger partial charge < -0.3 is 20.1 Å². The van der Waals surface area contributed by atoms with Gasteiger partial charge in [0.2, 0.25) is 0 Å². The second-order valence-electron chi connectivity index (χ2n) is 7.27. The molecular weight excluding hydrogens is 453 g/mol. The molecule has 2 fully saturated rings. The number of rotatable bonds is 11. The van der Waals surface area contributed by atoms with Gasteiger partial charge in [0, 0.05) is 31.9 Å². The Morgan fingerprint density at radius 3 is 2.67 bits per heavy atom. The summed E-state index contributed by atoms with van der Waals surface area (Å²) in [7, 11) is 0. The van der Waals surface area contributed by atoms with Crippen LogP contribution >= 0.6 is 24.0 Å². The predicted octanol–water partition coefficient (Wildman–Crippen LogP) is 4.11. The minimum absolute atomic E-state index is 0. The van der Waals surface area contributed by atoms with Crippen LogP contribution in [0, 0.1) is 5.92 Å². The van der Waals surface area contributed by atoms with Crippen LogP contribution in [0.25, 0.3) is 0 Å². The van der Waals surface area contributed by atoms with E-state index < -0.39 is 0 Å². The van der Waals surface area contributed by atoms with Crippen molar-refractivity contribution in [1.82, 2.24) is 10.6 Å². The van der Waals surface area contributed by atoms with Gasteiger partial charge in [-0.2, -0.15) is 0 Å². The van der Waals surface area contributed by atoms with Crippen LogP contribution in [0.4, 0.5) is 0 Å². The minimum Gasteiger partial charge on any atom is -0.490 e. The lowest BCUT2D eigenvalue weighted by Crippen LogP contribution is -2.38. The Bertz CT molecular complexity index is 574. The Hall–Kier alpha value is -1.02. The molecule has 152 valence electrons. The molecule has 0 radical (unpaired) electrons. The van der Waals surface area contributed by atoms with E-state index in [-0.39, 0.29) is 24.0 Å². The second-order valence-corrected chi connectivity index (χ2v) is 7.27. The van der Waals surface area contributed by atoms with Crippen molar-refractivity contribution in [1.29, 1.82) is 0 Å². The molecule has 0 bridgehead atoms. The van der Waals surface area contributed by atoms with Crippen LogP contribution < -0.4 is 15.4 Å². The lowest BCUT2D eigenvalue weighted by atomic mass is 9.96. The zero-order valence-electron chi connectivity index (χ0n) is 16.4. The summed E-state index contributed by atoms with van der Waals surface area (Å²) < 4.78 is 11.8. The van der Waals surface area contributed by atoms with Gasteiger partial charge in [-0.15, -0.1) is 24.0 Å². The number of nitrogens with zero attached hydrogens (tertiary/aromatic N) is 1. The Balaban J connectivity index is 0.00000261. The molecule has 27 heavy (non-hydrogen) atoms. The molecule has 0 heterocycles. The van der Waals surface area contributed by atoms with Gasteiger partial charge >= 0.3 is 0 Å². The highest BCUT2D eigenvalue weighted by molar-refractivity contribution is 14.0. The summed E-state index contributed by atoms with van der Waals surface area (Å²) in [6, 6.07) is 8.25. The predicted molar refractivity (Wildman–Crippen MR) is 121 cm³/mol. The highest BCUT2D eigenvalue weighted by atomic mass is 127. The topological polar surface area (TPSA) is 54.9 Å². The third-order valence-corrected chi connectivity index (χ3v) is 4.88. The largest absolute Gasteiger partial charge is 0.490 e. The first-order chi connectivity index (χ1) is 12.8. The van der Waals surface area contributed by atoms with Crippen molar-refractivity contribution in [2.75, 3.05) is 26.3 Å². The lowest BCUT2D eigenvalue weighted by Gasteiger charge is -2.27. The zero-order valence-corrected chi connectivity index (χ0v) is 18.7. The molecule has 5 nitrogen and oxygen atoms in total. The summed E-state index contributed by atoms with van der Waals surface area (Å²) in [5, 5.41) is 6.71. The van der Waals surface area contributed by atoms with Gasteiger partial charge in [-0.3, -0.25) is 0 Å². The smallest absolute Gasteiger partial charge is 0.191 e. The highest BCUT2D eigenvalue weighted by Gasteiger charge is 2.21. The second kappa shape index (κ2) is 12.4. The van der Waals surface area contributed by atoms with Crippen LogP contribution in [0.2, 0.25) is 0 Å². The van der Waals surface area contributed by atoms with E-state index in [1.54, 1.807) is 0 Å². The molecule has 1 aromatic carbocycles. The number of guanidine groups is 1. The number of nitrogens with one attached hydrogen (secondary N) is 2. The molecule has 0 amide bonds. The van der Waals surface area contributed by atoms with Gasteiger partial charge in [0.15, 0.2) is 5.96 Å². The van der Waals surface area contributed by atoms with Gasteiger partial charge in [0.1, 0.15) is 5.75 Å². The van der Waals surface area contributed by atoms with Crippen molar-refractivity contribution in [3.8, 4) is 5.75 Å². The first-order valence-corrected chi connectivity index (χ1v) is 10.2. The third kappa shape index (κ3) is 8.25. The molecule has 6 heteroatoms. The average molecular weight is 487 g/mol. The van der Waals surface area contributed by atoms with E-state index in [1.165, 1.54) is 32.1 Å². The quantitative estimate of drug-likeness (QED) is 0.214. The maximum atomic E-state index is 6.10. The van der Waals surface area contributed by atoms with Crippen LogP contribution in [0.1, 0.15) is 51.0 Å². The van der Waals surface area contributed by atoms with Gasteiger partial charge in [-0.05, 0) is 57.4 Å². The van der Waals surface area contributed by atoms with Gasteiger partial charge in [-0.1, -0.05) is 18.2 Å². The fraction of sp³-hybridized carbons (Fsp3) is 0.667. The number of ether oxygens (including phenoxy) is 2. The van der Waals surface area contributed by atoms with E-state index >= 15 is 0 Å². The monoisotopic (exact) mass is 487 g/mol. The molecule has 2 aliphatic rings. The Morgan fingerprint density at radius 2 is 1.96 bits per heavy atom.